The van der Waals surface area contributed by atoms with Gasteiger partial charge in [-0.05, 0) is 43.9 Å². The van der Waals surface area contributed by atoms with Gasteiger partial charge < -0.3 is 14.5 Å². The maximum absolute atomic E-state index is 6.04. The molecule has 1 aliphatic rings. The highest BCUT2D eigenvalue weighted by atomic mass is 16.5. The third-order valence-electron chi connectivity index (χ3n) is 4.08. The van der Waals surface area contributed by atoms with E-state index in [0.29, 0.717) is 18.6 Å². The van der Waals surface area contributed by atoms with E-state index in [4.69, 9.17) is 9.15 Å². The van der Waals surface area contributed by atoms with E-state index in [-0.39, 0.29) is 0 Å². The molecule has 1 saturated carbocycles. The van der Waals surface area contributed by atoms with Crippen LogP contribution < -0.4 is 5.32 Å². The zero-order valence-corrected chi connectivity index (χ0v) is 12.5. The highest BCUT2D eigenvalue weighted by Gasteiger charge is 2.22. The van der Waals surface area contributed by atoms with Crippen molar-refractivity contribution in [1.82, 2.24) is 5.32 Å². The molecule has 0 radical (unpaired) electrons. The minimum atomic E-state index is 0.413. The molecule has 1 aliphatic carbocycles. The maximum Gasteiger partial charge on any atom is 0.130 e. The molecule has 1 N–H and O–H groups in total. The summed E-state index contributed by atoms with van der Waals surface area (Å²) in [6.07, 6.45) is 5.57. The Bertz CT molecular complexity index is 386. The molecule has 3 nitrogen and oxygen atoms in total. The summed E-state index contributed by atoms with van der Waals surface area (Å²) in [6, 6.07) is 2.11. The summed E-state index contributed by atoms with van der Waals surface area (Å²) < 4.78 is 11.9. The lowest BCUT2D eigenvalue weighted by Crippen LogP contribution is -2.25. The lowest BCUT2D eigenvalue weighted by atomic mass is 9.88. The lowest BCUT2D eigenvalue weighted by molar-refractivity contribution is -0.0222. The van der Waals surface area contributed by atoms with Crippen LogP contribution in [-0.2, 0) is 17.9 Å². The highest BCUT2D eigenvalue weighted by molar-refractivity contribution is 5.19. The Morgan fingerprint density at radius 3 is 2.89 bits per heavy atom. The fraction of sp³-hybridized carbons (Fsp3) is 0.750. The molecule has 0 aromatic carbocycles. The van der Waals surface area contributed by atoms with Gasteiger partial charge in [-0.1, -0.05) is 26.7 Å². The summed E-state index contributed by atoms with van der Waals surface area (Å²) in [6.45, 7) is 8.89. The van der Waals surface area contributed by atoms with E-state index >= 15 is 0 Å². The zero-order valence-electron chi connectivity index (χ0n) is 12.5. The fourth-order valence-corrected chi connectivity index (χ4v) is 2.79. The first kappa shape index (κ1) is 14.6. The third kappa shape index (κ3) is 4.08. The maximum atomic E-state index is 6.04. The van der Waals surface area contributed by atoms with Crippen molar-refractivity contribution < 1.29 is 9.15 Å². The normalized spacial score (nSPS) is 23.7. The Balaban J connectivity index is 1.85. The van der Waals surface area contributed by atoms with Crippen molar-refractivity contribution in [2.75, 3.05) is 6.54 Å². The minimum absolute atomic E-state index is 0.413. The predicted molar refractivity (Wildman–Crippen MR) is 77.0 cm³/mol. The van der Waals surface area contributed by atoms with E-state index < -0.39 is 0 Å². The van der Waals surface area contributed by atoms with Crippen molar-refractivity contribution in [2.45, 2.75) is 65.7 Å². The summed E-state index contributed by atoms with van der Waals surface area (Å²) in [5.74, 6) is 2.69. The molecule has 2 atom stereocenters. The number of hydrogen-bond acceptors (Lipinski definition) is 3. The summed E-state index contributed by atoms with van der Waals surface area (Å²) in [5, 5.41) is 3.30. The van der Waals surface area contributed by atoms with Crippen LogP contribution in [0.1, 0.15) is 56.6 Å². The topological polar surface area (TPSA) is 34.4 Å². The van der Waals surface area contributed by atoms with Gasteiger partial charge in [-0.15, -0.1) is 0 Å². The molecule has 0 aliphatic heterocycles. The first-order chi connectivity index (χ1) is 9.20. The van der Waals surface area contributed by atoms with Crippen molar-refractivity contribution in [3.05, 3.63) is 23.2 Å². The van der Waals surface area contributed by atoms with Crippen LogP contribution >= 0.6 is 0 Å². The average Bonchev–Trinajstić information content (AvgIpc) is 2.76. The molecule has 2 rings (SSSR count). The van der Waals surface area contributed by atoms with Gasteiger partial charge in [0.1, 0.15) is 18.1 Å². The number of hydrogen-bond donors (Lipinski definition) is 1. The van der Waals surface area contributed by atoms with Gasteiger partial charge in [0, 0.05) is 0 Å². The van der Waals surface area contributed by atoms with Crippen LogP contribution in [0.15, 0.2) is 10.5 Å². The smallest absolute Gasteiger partial charge is 0.130 e. The van der Waals surface area contributed by atoms with Crippen LogP contribution in [0.3, 0.4) is 0 Å². The number of furan rings is 1. The van der Waals surface area contributed by atoms with Crippen molar-refractivity contribution in [1.29, 1.82) is 0 Å². The van der Waals surface area contributed by atoms with E-state index in [9.17, 15) is 0 Å². The van der Waals surface area contributed by atoms with Gasteiger partial charge >= 0.3 is 0 Å². The van der Waals surface area contributed by atoms with Crippen molar-refractivity contribution >= 4 is 0 Å². The molecular formula is C16H27NO2. The molecule has 2 unspecified atom stereocenters. The molecule has 1 aromatic rings. The number of ether oxygens (including phenoxy) is 1. The van der Waals surface area contributed by atoms with E-state index in [0.717, 1.165) is 24.6 Å². The van der Waals surface area contributed by atoms with Gasteiger partial charge in [0.05, 0.1) is 12.6 Å². The Morgan fingerprint density at radius 1 is 1.37 bits per heavy atom. The monoisotopic (exact) mass is 265 g/mol. The second kappa shape index (κ2) is 7.11. The van der Waals surface area contributed by atoms with Crippen molar-refractivity contribution in [2.24, 2.45) is 5.92 Å². The van der Waals surface area contributed by atoms with E-state index in [1.54, 1.807) is 0 Å². The SMILES string of the molecule is CCNCc1oc(COC2CCCCC2C)cc1C. The van der Waals surface area contributed by atoms with Crippen molar-refractivity contribution in [3.63, 3.8) is 0 Å². The standard InChI is InChI=1S/C16H27NO2/c1-4-17-10-16-13(3)9-14(19-16)11-18-15-8-6-5-7-12(15)2/h9,12,15,17H,4-8,10-11H2,1-3H3. The molecule has 19 heavy (non-hydrogen) atoms. The van der Waals surface area contributed by atoms with Gasteiger partial charge in [-0.2, -0.15) is 0 Å². The summed E-state index contributed by atoms with van der Waals surface area (Å²) in [7, 11) is 0. The van der Waals surface area contributed by atoms with Gasteiger partial charge in [0.2, 0.25) is 0 Å². The van der Waals surface area contributed by atoms with Crippen LogP contribution in [0.5, 0.6) is 0 Å². The van der Waals surface area contributed by atoms with Gasteiger partial charge in [0.25, 0.3) is 0 Å². The Kier molecular flexibility index (Phi) is 5.46. The minimum Gasteiger partial charge on any atom is -0.462 e. The Labute approximate surface area is 116 Å². The second-order valence-corrected chi connectivity index (χ2v) is 5.71. The molecule has 3 heteroatoms. The molecule has 108 valence electrons. The van der Waals surface area contributed by atoms with Crippen LogP contribution in [0.25, 0.3) is 0 Å². The molecule has 1 fully saturated rings. The van der Waals surface area contributed by atoms with E-state index in [2.05, 4.69) is 32.2 Å². The largest absolute Gasteiger partial charge is 0.462 e. The molecule has 0 spiro atoms. The molecular weight excluding hydrogens is 238 g/mol. The van der Waals surface area contributed by atoms with Crippen LogP contribution in [0, 0.1) is 12.8 Å². The summed E-state index contributed by atoms with van der Waals surface area (Å²) in [5.41, 5.74) is 1.22. The van der Waals surface area contributed by atoms with Gasteiger partial charge in [-0.25, -0.2) is 0 Å². The average molecular weight is 265 g/mol. The third-order valence-corrected chi connectivity index (χ3v) is 4.08. The lowest BCUT2D eigenvalue weighted by Gasteiger charge is -2.28. The Hall–Kier alpha value is -0.800. The molecule has 0 bridgehead atoms. The highest BCUT2D eigenvalue weighted by Crippen LogP contribution is 2.27. The van der Waals surface area contributed by atoms with E-state index in [1.165, 1.54) is 31.2 Å². The van der Waals surface area contributed by atoms with Gasteiger partial charge in [0.15, 0.2) is 0 Å². The molecule has 0 amide bonds. The number of aryl methyl sites for hydroxylation is 1. The molecule has 0 saturated heterocycles. The van der Waals surface area contributed by atoms with Gasteiger partial charge in [-0.3, -0.25) is 0 Å². The number of nitrogens with one attached hydrogen (secondary N) is 1. The van der Waals surface area contributed by atoms with Crippen LogP contribution in [0.2, 0.25) is 0 Å². The molecule has 1 heterocycles. The molecule has 1 aromatic heterocycles. The fourth-order valence-electron chi connectivity index (χ4n) is 2.79. The first-order valence-electron chi connectivity index (χ1n) is 7.61. The predicted octanol–water partition coefficient (Wildman–Crippen LogP) is 3.79. The second-order valence-electron chi connectivity index (χ2n) is 5.71. The summed E-state index contributed by atoms with van der Waals surface area (Å²) >= 11 is 0. The zero-order chi connectivity index (χ0) is 13.7. The first-order valence-corrected chi connectivity index (χ1v) is 7.61. The van der Waals surface area contributed by atoms with Crippen molar-refractivity contribution in [3.8, 4) is 0 Å². The van der Waals surface area contributed by atoms with Crippen LogP contribution in [0.4, 0.5) is 0 Å². The quantitative estimate of drug-likeness (QED) is 0.849. The number of rotatable bonds is 6. The van der Waals surface area contributed by atoms with E-state index in [1.807, 2.05) is 0 Å². The summed E-state index contributed by atoms with van der Waals surface area (Å²) in [4.78, 5) is 0. The van der Waals surface area contributed by atoms with Crippen LogP contribution in [-0.4, -0.2) is 12.6 Å². The Morgan fingerprint density at radius 2 is 2.16 bits per heavy atom.